The Morgan fingerprint density at radius 3 is 2.69 bits per heavy atom. The number of hydrogen-bond acceptors (Lipinski definition) is 3. The maximum Gasteiger partial charge on any atom is 0.165 e. The highest BCUT2D eigenvalue weighted by Gasteiger charge is 2.29. The second kappa shape index (κ2) is 3.63. The molecule has 1 aliphatic heterocycles. The first-order chi connectivity index (χ1) is 7.39. The van der Waals surface area contributed by atoms with Crippen molar-refractivity contribution < 1.29 is 19.0 Å². The molecule has 0 fully saturated rings. The van der Waals surface area contributed by atoms with E-state index in [9.17, 15) is 9.50 Å². The second-order valence-electron chi connectivity index (χ2n) is 4.65. The first kappa shape index (κ1) is 11.2. The van der Waals surface area contributed by atoms with Crippen LogP contribution < -0.4 is 9.47 Å². The molecule has 0 radical (unpaired) electrons. The zero-order valence-corrected chi connectivity index (χ0v) is 9.58. The summed E-state index contributed by atoms with van der Waals surface area (Å²) in [7, 11) is 0. The molecule has 0 spiro atoms. The van der Waals surface area contributed by atoms with Crippen molar-refractivity contribution in [2.45, 2.75) is 32.5 Å². The van der Waals surface area contributed by atoms with Gasteiger partial charge in [-0.1, -0.05) is 0 Å². The van der Waals surface area contributed by atoms with Crippen LogP contribution in [0.3, 0.4) is 0 Å². The molecule has 1 unspecified atom stereocenters. The van der Waals surface area contributed by atoms with Gasteiger partial charge in [-0.3, -0.25) is 0 Å². The Morgan fingerprint density at radius 2 is 2.06 bits per heavy atom. The van der Waals surface area contributed by atoms with Gasteiger partial charge >= 0.3 is 0 Å². The number of benzene rings is 1. The number of rotatable bonds is 1. The summed E-state index contributed by atoms with van der Waals surface area (Å²) in [4.78, 5) is 0. The molecule has 0 bridgehead atoms. The minimum absolute atomic E-state index is 0.224. The lowest BCUT2D eigenvalue weighted by Gasteiger charge is -2.32. The molecule has 16 heavy (non-hydrogen) atoms. The van der Waals surface area contributed by atoms with Gasteiger partial charge in [0.25, 0.3) is 0 Å². The standard InChI is InChI=1S/C12H15FO3/c1-7(14)8-4-10-11(5-9(8)13)16-12(2,3)6-15-10/h4-5,7,14H,6H2,1-3H3. The van der Waals surface area contributed by atoms with Crippen LogP contribution in [0.1, 0.15) is 32.4 Å². The summed E-state index contributed by atoms with van der Waals surface area (Å²) >= 11 is 0. The average molecular weight is 226 g/mol. The SMILES string of the molecule is CC(O)c1cc2c(cc1F)OC(C)(C)CO2. The maximum atomic E-state index is 13.6. The predicted molar refractivity (Wildman–Crippen MR) is 57.2 cm³/mol. The van der Waals surface area contributed by atoms with Gasteiger partial charge in [0.05, 0.1) is 6.10 Å². The largest absolute Gasteiger partial charge is 0.486 e. The quantitative estimate of drug-likeness (QED) is 0.799. The van der Waals surface area contributed by atoms with E-state index in [0.29, 0.717) is 18.1 Å². The molecule has 3 nitrogen and oxygen atoms in total. The van der Waals surface area contributed by atoms with Gasteiger partial charge in [-0.25, -0.2) is 4.39 Å². The Bertz CT molecular complexity index is 413. The first-order valence-corrected chi connectivity index (χ1v) is 5.22. The van der Waals surface area contributed by atoms with E-state index < -0.39 is 17.5 Å². The molecular formula is C12H15FO3. The normalized spacial score (nSPS) is 19.3. The summed E-state index contributed by atoms with van der Waals surface area (Å²) in [5.41, 5.74) is -0.228. The molecule has 0 aromatic heterocycles. The molecule has 1 aromatic carbocycles. The van der Waals surface area contributed by atoms with Crippen molar-refractivity contribution in [3.63, 3.8) is 0 Å². The number of aliphatic hydroxyl groups is 1. The molecule has 88 valence electrons. The molecule has 1 heterocycles. The highest BCUT2D eigenvalue weighted by molar-refractivity contribution is 5.45. The van der Waals surface area contributed by atoms with Crippen LogP contribution >= 0.6 is 0 Å². The van der Waals surface area contributed by atoms with Crippen LogP contribution in [-0.4, -0.2) is 17.3 Å². The maximum absolute atomic E-state index is 13.6. The van der Waals surface area contributed by atoms with E-state index in [4.69, 9.17) is 9.47 Å². The minimum Gasteiger partial charge on any atom is -0.486 e. The van der Waals surface area contributed by atoms with E-state index >= 15 is 0 Å². The molecule has 0 saturated carbocycles. The summed E-state index contributed by atoms with van der Waals surface area (Å²) < 4.78 is 24.7. The van der Waals surface area contributed by atoms with Gasteiger partial charge in [0.1, 0.15) is 18.0 Å². The fourth-order valence-corrected chi connectivity index (χ4v) is 1.64. The first-order valence-electron chi connectivity index (χ1n) is 5.22. The Labute approximate surface area is 93.8 Å². The van der Waals surface area contributed by atoms with Crippen LogP contribution in [0.25, 0.3) is 0 Å². The van der Waals surface area contributed by atoms with Crippen molar-refractivity contribution in [2.75, 3.05) is 6.61 Å². The third-order valence-electron chi connectivity index (χ3n) is 2.47. The van der Waals surface area contributed by atoms with Gasteiger partial charge in [0.2, 0.25) is 0 Å². The molecule has 2 rings (SSSR count). The van der Waals surface area contributed by atoms with E-state index in [0.717, 1.165) is 0 Å². The van der Waals surface area contributed by atoms with Gasteiger partial charge in [-0.05, 0) is 26.8 Å². The van der Waals surface area contributed by atoms with Gasteiger partial charge in [-0.2, -0.15) is 0 Å². The van der Waals surface area contributed by atoms with Crippen LogP contribution in [0.2, 0.25) is 0 Å². The molecule has 0 saturated heterocycles. The molecule has 0 aliphatic carbocycles. The lowest BCUT2D eigenvalue weighted by atomic mass is 10.1. The Hall–Kier alpha value is -1.29. The van der Waals surface area contributed by atoms with Crippen molar-refractivity contribution in [2.24, 2.45) is 0 Å². The van der Waals surface area contributed by atoms with E-state index in [1.807, 2.05) is 13.8 Å². The summed E-state index contributed by atoms with van der Waals surface area (Å²) in [5, 5.41) is 9.37. The third-order valence-corrected chi connectivity index (χ3v) is 2.47. The fraction of sp³-hybridized carbons (Fsp3) is 0.500. The lowest BCUT2D eigenvalue weighted by molar-refractivity contribution is 0.0205. The van der Waals surface area contributed by atoms with E-state index in [2.05, 4.69) is 0 Å². The summed E-state index contributed by atoms with van der Waals surface area (Å²) in [6, 6.07) is 2.75. The van der Waals surface area contributed by atoms with Crippen molar-refractivity contribution in [3.05, 3.63) is 23.5 Å². The van der Waals surface area contributed by atoms with Crippen molar-refractivity contribution in [1.29, 1.82) is 0 Å². The molecule has 1 atom stereocenters. The zero-order valence-electron chi connectivity index (χ0n) is 9.58. The van der Waals surface area contributed by atoms with Gasteiger partial charge in [0.15, 0.2) is 11.5 Å². The van der Waals surface area contributed by atoms with Crippen LogP contribution in [0.15, 0.2) is 12.1 Å². The van der Waals surface area contributed by atoms with Gasteiger partial charge < -0.3 is 14.6 Å². The van der Waals surface area contributed by atoms with Crippen molar-refractivity contribution >= 4 is 0 Å². The molecule has 1 aromatic rings. The Kier molecular flexibility index (Phi) is 2.54. The van der Waals surface area contributed by atoms with Crippen LogP contribution in [0, 0.1) is 5.82 Å². The van der Waals surface area contributed by atoms with Gasteiger partial charge in [-0.15, -0.1) is 0 Å². The number of hydrogen-bond donors (Lipinski definition) is 1. The zero-order chi connectivity index (χ0) is 11.9. The molecule has 0 amide bonds. The fourth-order valence-electron chi connectivity index (χ4n) is 1.64. The van der Waals surface area contributed by atoms with Crippen LogP contribution in [-0.2, 0) is 0 Å². The molecular weight excluding hydrogens is 211 g/mol. The van der Waals surface area contributed by atoms with Crippen LogP contribution in [0.4, 0.5) is 4.39 Å². The monoisotopic (exact) mass is 226 g/mol. The van der Waals surface area contributed by atoms with E-state index in [1.165, 1.54) is 19.1 Å². The number of ether oxygens (including phenoxy) is 2. The highest BCUT2D eigenvalue weighted by atomic mass is 19.1. The number of aliphatic hydroxyl groups excluding tert-OH is 1. The smallest absolute Gasteiger partial charge is 0.165 e. The summed E-state index contributed by atoms with van der Waals surface area (Å²) in [6.07, 6.45) is -0.858. The topological polar surface area (TPSA) is 38.7 Å². The van der Waals surface area contributed by atoms with Gasteiger partial charge in [0, 0.05) is 11.6 Å². The minimum atomic E-state index is -0.858. The number of halogens is 1. The average Bonchev–Trinajstić information content (AvgIpc) is 2.14. The third kappa shape index (κ3) is 1.97. The van der Waals surface area contributed by atoms with Crippen LogP contribution in [0.5, 0.6) is 11.5 Å². The highest BCUT2D eigenvalue weighted by Crippen LogP contribution is 2.38. The van der Waals surface area contributed by atoms with E-state index in [-0.39, 0.29) is 5.56 Å². The lowest BCUT2D eigenvalue weighted by Crippen LogP contribution is -2.38. The Morgan fingerprint density at radius 1 is 1.38 bits per heavy atom. The molecule has 4 heteroatoms. The van der Waals surface area contributed by atoms with Crippen molar-refractivity contribution in [3.8, 4) is 11.5 Å². The Balaban J connectivity index is 2.42. The summed E-state index contributed by atoms with van der Waals surface area (Å²) in [5.74, 6) is 0.393. The molecule has 1 N–H and O–H groups in total. The van der Waals surface area contributed by atoms with Crippen molar-refractivity contribution in [1.82, 2.24) is 0 Å². The van der Waals surface area contributed by atoms with E-state index in [1.54, 1.807) is 0 Å². The molecule has 1 aliphatic rings. The summed E-state index contributed by atoms with van der Waals surface area (Å²) in [6.45, 7) is 5.66. The predicted octanol–water partition coefficient (Wildman–Crippen LogP) is 2.43. The number of fused-ring (bicyclic) bond motifs is 1. The second-order valence-corrected chi connectivity index (χ2v) is 4.65.